The normalized spacial score (nSPS) is 10.8. The number of H-pyrrole nitrogens is 1. The summed E-state index contributed by atoms with van der Waals surface area (Å²) in [4.78, 5) is 27.5. The number of nitrogens with one attached hydrogen (secondary N) is 3. The molecule has 146 valence electrons. The van der Waals surface area contributed by atoms with Crippen molar-refractivity contribution in [3.8, 4) is 0 Å². The average Bonchev–Trinajstić information content (AvgIpc) is 3.34. The van der Waals surface area contributed by atoms with E-state index < -0.39 is 0 Å². The van der Waals surface area contributed by atoms with Crippen LogP contribution in [0.1, 0.15) is 16.2 Å². The molecule has 4 aromatic rings. The molecule has 4 rings (SSSR count). The highest BCUT2D eigenvalue weighted by atomic mass is 79.9. The monoisotopic (exact) mass is 452 g/mol. The third-order valence-corrected chi connectivity index (χ3v) is 4.75. The zero-order valence-electron chi connectivity index (χ0n) is 15.2. The number of hydrogen-bond acceptors (Lipinski definition) is 4. The number of hydrogen-bond donors (Lipinski definition) is 3. The minimum atomic E-state index is -0.233. The van der Waals surface area contributed by atoms with E-state index in [1.54, 1.807) is 24.4 Å². The van der Waals surface area contributed by atoms with Crippen LogP contribution in [0.2, 0.25) is 0 Å². The molecule has 2 aromatic carbocycles. The van der Waals surface area contributed by atoms with E-state index in [9.17, 15) is 9.59 Å². The van der Waals surface area contributed by atoms with Crippen molar-refractivity contribution in [3.05, 3.63) is 76.7 Å². The minimum Gasteiger partial charge on any atom is -0.351 e. The minimum absolute atomic E-state index is 0.0268. The van der Waals surface area contributed by atoms with Crippen LogP contribution >= 0.6 is 15.9 Å². The molecule has 0 spiro atoms. The quantitative estimate of drug-likeness (QED) is 0.417. The lowest BCUT2D eigenvalue weighted by atomic mass is 10.2. The van der Waals surface area contributed by atoms with Crippen LogP contribution in [-0.4, -0.2) is 31.8 Å². The number of amides is 2. The molecule has 0 bridgehead atoms. The van der Waals surface area contributed by atoms with Crippen LogP contribution in [-0.2, 0) is 17.9 Å². The molecule has 2 heterocycles. The number of carbonyl (C=O) groups is 2. The van der Waals surface area contributed by atoms with E-state index in [1.165, 1.54) is 4.68 Å². The maximum absolute atomic E-state index is 12.3. The summed E-state index contributed by atoms with van der Waals surface area (Å²) in [6.45, 7) is 0.238. The Morgan fingerprint density at radius 3 is 2.69 bits per heavy atom. The van der Waals surface area contributed by atoms with Gasteiger partial charge in [-0.1, -0.05) is 39.3 Å². The first-order chi connectivity index (χ1) is 14.1. The van der Waals surface area contributed by atoms with E-state index in [0.29, 0.717) is 17.1 Å². The van der Waals surface area contributed by atoms with Crippen LogP contribution in [0, 0.1) is 0 Å². The zero-order valence-corrected chi connectivity index (χ0v) is 16.8. The molecule has 8 nitrogen and oxygen atoms in total. The zero-order chi connectivity index (χ0) is 20.2. The van der Waals surface area contributed by atoms with Gasteiger partial charge in [0.2, 0.25) is 5.91 Å². The van der Waals surface area contributed by atoms with E-state index in [-0.39, 0.29) is 24.9 Å². The van der Waals surface area contributed by atoms with Crippen LogP contribution in [0.4, 0.5) is 5.69 Å². The predicted octanol–water partition coefficient (Wildman–Crippen LogP) is 3.09. The number of carbonyl (C=O) groups excluding carboxylic acids is 2. The summed E-state index contributed by atoms with van der Waals surface area (Å²) in [6.07, 6.45) is 1.63. The number of nitrogens with zero attached hydrogens (tertiary/aromatic N) is 3. The maximum Gasteiger partial charge on any atom is 0.268 e. The fourth-order valence-corrected chi connectivity index (χ4v) is 3.10. The van der Waals surface area contributed by atoms with Gasteiger partial charge in [-0.25, -0.2) is 4.68 Å². The molecule has 29 heavy (non-hydrogen) atoms. The Labute approximate surface area is 174 Å². The van der Waals surface area contributed by atoms with Gasteiger partial charge < -0.3 is 15.6 Å². The van der Waals surface area contributed by atoms with Gasteiger partial charge in [-0.05, 0) is 36.4 Å². The summed E-state index contributed by atoms with van der Waals surface area (Å²) < 4.78 is 2.37. The largest absolute Gasteiger partial charge is 0.351 e. The topological polar surface area (TPSA) is 105 Å². The second-order valence-electron chi connectivity index (χ2n) is 6.42. The standard InChI is InChI=1S/C20H17BrN6O2/c21-14-5-7-15(8-6-14)23-19(28)12-27-11-16(25-26-27)10-22-20(29)18-9-13-3-1-2-4-17(13)24-18/h1-9,11,24H,10,12H2,(H,22,29)(H,23,28). The summed E-state index contributed by atoms with van der Waals surface area (Å²) in [5.74, 6) is -0.449. The molecule has 0 fully saturated rings. The molecule has 0 aliphatic heterocycles. The lowest BCUT2D eigenvalue weighted by Crippen LogP contribution is -2.23. The molecule has 0 saturated heterocycles. The summed E-state index contributed by atoms with van der Waals surface area (Å²) >= 11 is 3.35. The molecule has 0 saturated carbocycles. The summed E-state index contributed by atoms with van der Waals surface area (Å²) in [5.41, 5.74) is 2.64. The molecule has 9 heteroatoms. The third-order valence-electron chi connectivity index (χ3n) is 4.22. The second kappa shape index (κ2) is 8.27. The van der Waals surface area contributed by atoms with Crippen molar-refractivity contribution >= 4 is 44.3 Å². The Morgan fingerprint density at radius 2 is 1.90 bits per heavy atom. The van der Waals surface area contributed by atoms with Gasteiger partial charge >= 0.3 is 0 Å². The third kappa shape index (κ3) is 4.69. The van der Waals surface area contributed by atoms with Crippen LogP contribution in [0.5, 0.6) is 0 Å². The van der Waals surface area contributed by atoms with Gasteiger partial charge in [-0.15, -0.1) is 5.10 Å². The highest BCUT2D eigenvalue weighted by molar-refractivity contribution is 9.10. The number of benzene rings is 2. The molecule has 0 radical (unpaired) electrons. The Morgan fingerprint density at radius 1 is 1.10 bits per heavy atom. The first kappa shape index (κ1) is 18.9. The second-order valence-corrected chi connectivity index (χ2v) is 7.33. The molecule has 0 atom stereocenters. The molecule has 3 N–H and O–H groups in total. The summed E-state index contributed by atoms with van der Waals surface area (Å²) in [6, 6.07) is 16.8. The Balaban J connectivity index is 1.31. The SMILES string of the molecule is O=C(Cn1cc(CNC(=O)c2cc3ccccc3[nH]2)nn1)Nc1ccc(Br)cc1. The number of fused-ring (bicyclic) bond motifs is 1. The molecular weight excluding hydrogens is 436 g/mol. The van der Waals surface area contributed by atoms with Crippen molar-refractivity contribution in [2.45, 2.75) is 13.1 Å². The Kier molecular flexibility index (Phi) is 5.39. The Bertz CT molecular complexity index is 1130. The van der Waals surface area contributed by atoms with Gasteiger partial charge in [-0.2, -0.15) is 0 Å². The maximum atomic E-state index is 12.3. The van der Waals surface area contributed by atoms with Crippen molar-refractivity contribution in [2.24, 2.45) is 0 Å². The molecule has 0 aliphatic rings. The van der Waals surface area contributed by atoms with Crippen molar-refractivity contribution < 1.29 is 9.59 Å². The lowest BCUT2D eigenvalue weighted by molar-refractivity contribution is -0.116. The lowest BCUT2D eigenvalue weighted by Gasteiger charge is -2.04. The fraction of sp³-hybridized carbons (Fsp3) is 0.100. The van der Waals surface area contributed by atoms with Crippen LogP contribution in [0.15, 0.2) is 65.3 Å². The molecular formula is C20H17BrN6O2. The van der Waals surface area contributed by atoms with E-state index >= 15 is 0 Å². The summed E-state index contributed by atoms with van der Waals surface area (Å²) in [7, 11) is 0. The first-order valence-corrected chi connectivity index (χ1v) is 9.66. The highest BCUT2D eigenvalue weighted by Crippen LogP contribution is 2.15. The van der Waals surface area contributed by atoms with Gasteiger partial charge in [-0.3, -0.25) is 9.59 Å². The van der Waals surface area contributed by atoms with E-state index in [1.807, 2.05) is 36.4 Å². The number of aromatic nitrogens is 4. The van der Waals surface area contributed by atoms with Crippen molar-refractivity contribution in [2.75, 3.05) is 5.32 Å². The Hall–Kier alpha value is -3.46. The van der Waals surface area contributed by atoms with Gasteiger partial charge in [0.15, 0.2) is 0 Å². The van der Waals surface area contributed by atoms with Gasteiger partial charge in [0, 0.05) is 21.1 Å². The first-order valence-electron chi connectivity index (χ1n) is 8.87. The van der Waals surface area contributed by atoms with Crippen molar-refractivity contribution in [3.63, 3.8) is 0 Å². The fourth-order valence-electron chi connectivity index (χ4n) is 2.84. The molecule has 2 amide bonds. The number of aromatic amines is 1. The van der Waals surface area contributed by atoms with Crippen molar-refractivity contribution in [1.82, 2.24) is 25.3 Å². The number of halogens is 1. The predicted molar refractivity (Wildman–Crippen MR) is 112 cm³/mol. The van der Waals surface area contributed by atoms with Gasteiger partial charge in [0.1, 0.15) is 17.9 Å². The number of anilines is 1. The van der Waals surface area contributed by atoms with E-state index in [0.717, 1.165) is 15.4 Å². The van der Waals surface area contributed by atoms with E-state index in [4.69, 9.17) is 0 Å². The van der Waals surface area contributed by atoms with Crippen molar-refractivity contribution in [1.29, 1.82) is 0 Å². The number of rotatable bonds is 6. The van der Waals surface area contributed by atoms with Gasteiger partial charge in [0.05, 0.1) is 12.7 Å². The van der Waals surface area contributed by atoms with E-state index in [2.05, 4.69) is 41.9 Å². The smallest absolute Gasteiger partial charge is 0.268 e. The summed E-state index contributed by atoms with van der Waals surface area (Å²) in [5, 5.41) is 14.5. The molecule has 0 unspecified atom stereocenters. The van der Waals surface area contributed by atoms with Crippen LogP contribution < -0.4 is 10.6 Å². The van der Waals surface area contributed by atoms with Gasteiger partial charge in [0.25, 0.3) is 5.91 Å². The molecule has 0 aliphatic carbocycles. The van der Waals surface area contributed by atoms with Crippen LogP contribution in [0.3, 0.4) is 0 Å². The number of para-hydroxylation sites is 1. The van der Waals surface area contributed by atoms with Crippen LogP contribution in [0.25, 0.3) is 10.9 Å². The highest BCUT2D eigenvalue weighted by Gasteiger charge is 2.11. The average molecular weight is 453 g/mol. The molecule has 2 aromatic heterocycles.